The maximum atomic E-state index is 12.3. The fraction of sp³-hybridized carbons (Fsp3) is 0.962. The van der Waals surface area contributed by atoms with Gasteiger partial charge in [0.2, 0.25) is 0 Å². The van der Waals surface area contributed by atoms with E-state index in [4.69, 9.17) is 19.3 Å². The number of hydrogen-bond acceptors (Lipinski definition) is 8. The average Bonchev–Trinajstić information content (AvgIpc) is 3.38. The van der Waals surface area contributed by atoms with Crippen LogP contribution in [-0.4, -0.2) is 76.9 Å². The molecule has 8 heteroatoms. The molecule has 4 N–H and O–H groups in total. The quantitative estimate of drug-likeness (QED) is 0.134. The lowest BCUT2D eigenvalue weighted by Gasteiger charge is -2.31. The van der Waals surface area contributed by atoms with Gasteiger partial charge in [-0.05, 0) is 6.42 Å². The van der Waals surface area contributed by atoms with E-state index in [9.17, 15) is 20.1 Å². The van der Waals surface area contributed by atoms with Gasteiger partial charge in [-0.15, -0.1) is 0 Å². The fourth-order valence-electron chi connectivity index (χ4n) is 4.23. The van der Waals surface area contributed by atoms with Gasteiger partial charge in [-0.1, -0.05) is 96.8 Å². The monoisotopic (exact) mass is 490 g/mol. The second-order valence-electron chi connectivity index (χ2n) is 9.50. The number of aliphatic hydroxyl groups is 4. The van der Waals surface area contributed by atoms with E-state index in [1.165, 1.54) is 77.0 Å². The van der Waals surface area contributed by atoms with E-state index in [-0.39, 0.29) is 19.6 Å². The molecule has 34 heavy (non-hydrogen) atoms. The molecule has 202 valence electrons. The van der Waals surface area contributed by atoms with Crippen LogP contribution in [0.2, 0.25) is 0 Å². The highest BCUT2D eigenvalue weighted by atomic mass is 16.7. The number of aliphatic hydroxyl groups excluding tert-OH is 4. The van der Waals surface area contributed by atoms with E-state index in [0.717, 1.165) is 12.8 Å². The van der Waals surface area contributed by atoms with Gasteiger partial charge in [-0.25, -0.2) is 0 Å². The van der Waals surface area contributed by atoms with Gasteiger partial charge < -0.3 is 34.6 Å². The summed E-state index contributed by atoms with van der Waals surface area (Å²) in [6.45, 7) is 2.08. The van der Waals surface area contributed by atoms with Crippen molar-refractivity contribution in [2.24, 2.45) is 0 Å². The van der Waals surface area contributed by atoms with Gasteiger partial charge in [0.1, 0.15) is 18.3 Å². The Morgan fingerprint density at radius 3 is 1.65 bits per heavy atom. The molecule has 0 spiro atoms. The van der Waals surface area contributed by atoms with Crippen LogP contribution in [0.1, 0.15) is 110 Å². The van der Waals surface area contributed by atoms with Crippen molar-refractivity contribution >= 4 is 5.97 Å². The Hall–Kier alpha value is -0.770. The van der Waals surface area contributed by atoms with Gasteiger partial charge >= 0.3 is 5.97 Å². The number of unbranched alkanes of at least 4 members (excludes halogenated alkanes) is 14. The summed E-state index contributed by atoms with van der Waals surface area (Å²) in [5.41, 5.74) is 0. The predicted octanol–water partition coefficient (Wildman–Crippen LogP) is 3.61. The molecule has 8 nitrogen and oxygen atoms in total. The van der Waals surface area contributed by atoms with E-state index >= 15 is 0 Å². The molecule has 0 amide bonds. The van der Waals surface area contributed by atoms with Gasteiger partial charge in [-0.2, -0.15) is 0 Å². The summed E-state index contributed by atoms with van der Waals surface area (Å²) in [5.74, 6) is -0.511. The maximum absolute atomic E-state index is 12.3. The van der Waals surface area contributed by atoms with Crippen LogP contribution in [0.4, 0.5) is 0 Å². The average molecular weight is 491 g/mol. The predicted molar refractivity (Wildman–Crippen MR) is 130 cm³/mol. The summed E-state index contributed by atoms with van der Waals surface area (Å²) in [4.78, 5) is 12.3. The van der Waals surface area contributed by atoms with Crippen molar-refractivity contribution < 1.29 is 39.4 Å². The molecule has 0 aliphatic carbocycles. The minimum absolute atomic E-state index is 0.201. The molecule has 1 rings (SSSR count). The third-order valence-corrected chi connectivity index (χ3v) is 6.44. The Labute approximate surface area is 206 Å². The normalized spacial score (nSPS) is 18.0. The first-order chi connectivity index (χ1) is 16.5. The van der Waals surface area contributed by atoms with Crippen molar-refractivity contribution in [3.63, 3.8) is 0 Å². The van der Waals surface area contributed by atoms with E-state index in [2.05, 4.69) is 6.92 Å². The summed E-state index contributed by atoms with van der Waals surface area (Å²) in [7, 11) is 0. The summed E-state index contributed by atoms with van der Waals surface area (Å²) in [5, 5.41) is 38.9. The molecule has 1 heterocycles. The Bertz CT molecular complexity index is 483. The molecule has 0 aromatic heterocycles. The van der Waals surface area contributed by atoms with Crippen LogP contribution < -0.4 is 0 Å². The minimum atomic E-state index is -1.69. The van der Waals surface area contributed by atoms with Crippen LogP contribution in [0.15, 0.2) is 0 Å². The van der Waals surface area contributed by atoms with Crippen molar-refractivity contribution in [3.8, 4) is 0 Å². The van der Waals surface area contributed by atoms with Gasteiger partial charge in [0.05, 0.1) is 19.8 Å². The second kappa shape index (κ2) is 20.4. The summed E-state index contributed by atoms with van der Waals surface area (Å²) < 4.78 is 16.0. The molecule has 0 aromatic carbocycles. The lowest BCUT2D eigenvalue weighted by molar-refractivity contribution is -0.210. The first-order valence-electron chi connectivity index (χ1n) is 13.6. The smallest absolute Gasteiger partial charge is 0.306 e. The standard InChI is InChI=1S/C26H50O8/c1-2-3-4-5-6-7-8-9-10-11-12-13-14-15-16-17-22(29)34-25(26-32-18-19-33-26)24(31)23(30)21(28)20-27/h21,23-28,30-31H,2-20H2,1H3/t21-,23-,24+,25-/m1/s1. The van der Waals surface area contributed by atoms with E-state index in [1.54, 1.807) is 0 Å². The number of hydrogen-bond donors (Lipinski definition) is 4. The molecule has 1 aliphatic rings. The van der Waals surface area contributed by atoms with Crippen LogP contribution in [0, 0.1) is 0 Å². The summed E-state index contributed by atoms with van der Waals surface area (Å²) in [6.07, 6.45) is 11.6. The van der Waals surface area contributed by atoms with Crippen molar-refractivity contribution in [2.45, 2.75) is 140 Å². The third kappa shape index (κ3) is 14.0. The Balaban J connectivity index is 2.09. The highest BCUT2D eigenvalue weighted by Gasteiger charge is 2.41. The lowest BCUT2D eigenvalue weighted by atomic mass is 10.0. The zero-order chi connectivity index (χ0) is 25.0. The van der Waals surface area contributed by atoms with Crippen LogP contribution in [0.25, 0.3) is 0 Å². The zero-order valence-electron chi connectivity index (χ0n) is 21.2. The third-order valence-electron chi connectivity index (χ3n) is 6.44. The van der Waals surface area contributed by atoms with E-state index < -0.39 is 43.3 Å². The van der Waals surface area contributed by atoms with Crippen LogP contribution >= 0.6 is 0 Å². The van der Waals surface area contributed by atoms with E-state index in [0.29, 0.717) is 6.42 Å². The lowest BCUT2D eigenvalue weighted by Crippen LogP contribution is -2.52. The molecule has 0 radical (unpaired) electrons. The second-order valence-corrected chi connectivity index (χ2v) is 9.50. The maximum Gasteiger partial charge on any atom is 0.306 e. The number of esters is 1. The molecule has 1 aliphatic heterocycles. The SMILES string of the molecule is CCCCCCCCCCCCCCCCCC(=O)O[C@@H](C1OCCO1)[C@@H](O)[C@H](O)[C@H](O)CO. The Morgan fingerprint density at radius 2 is 1.21 bits per heavy atom. The van der Waals surface area contributed by atoms with Gasteiger partial charge in [-0.3, -0.25) is 4.79 Å². The van der Waals surface area contributed by atoms with Gasteiger partial charge in [0, 0.05) is 6.42 Å². The van der Waals surface area contributed by atoms with Crippen LogP contribution in [0.3, 0.4) is 0 Å². The number of carbonyl (C=O) groups excluding carboxylic acids is 1. The summed E-state index contributed by atoms with van der Waals surface area (Å²) in [6, 6.07) is 0. The first kappa shape index (κ1) is 31.3. The van der Waals surface area contributed by atoms with Crippen LogP contribution in [0.5, 0.6) is 0 Å². The molecule has 0 bridgehead atoms. The highest BCUT2D eigenvalue weighted by molar-refractivity contribution is 5.69. The van der Waals surface area contributed by atoms with Crippen LogP contribution in [-0.2, 0) is 19.0 Å². The van der Waals surface area contributed by atoms with Gasteiger partial charge in [0.25, 0.3) is 0 Å². The molecule has 0 saturated carbocycles. The minimum Gasteiger partial charge on any atom is -0.454 e. The number of carbonyl (C=O) groups is 1. The Kier molecular flexibility index (Phi) is 18.8. The number of ether oxygens (including phenoxy) is 3. The van der Waals surface area contributed by atoms with Crippen molar-refractivity contribution in [1.82, 2.24) is 0 Å². The largest absolute Gasteiger partial charge is 0.454 e. The Morgan fingerprint density at radius 1 is 0.765 bits per heavy atom. The van der Waals surface area contributed by atoms with Crippen molar-refractivity contribution in [1.29, 1.82) is 0 Å². The zero-order valence-corrected chi connectivity index (χ0v) is 21.2. The topological polar surface area (TPSA) is 126 Å². The molecule has 1 saturated heterocycles. The van der Waals surface area contributed by atoms with E-state index in [1.807, 2.05) is 0 Å². The molecular formula is C26H50O8. The highest BCUT2D eigenvalue weighted by Crippen LogP contribution is 2.20. The fourth-order valence-corrected chi connectivity index (χ4v) is 4.23. The van der Waals surface area contributed by atoms with Crippen molar-refractivity contribution in [2.75, 3.05) is 19.8 Å². The molecule has 4 atom stereocenters. The molecule has 0 aromatic rings. The molecule has 1 fully saturated rings. The number of rotatable bonds is 22. The summed E-state index contributed by atoms with van der Waals surface area (Å²) >= 11 is 0. The molecule has 0 unspecified atom stereocenters. The first-order valence-corrected chi connectivity index (χ1v) is 13.6. The molecular weight excluding hydrogens is 440 g/mol. The van der Waals surface area contributed by atoms with Crippen molar-refractivity contribution in [3.05, 3.63) is 0 Å². The van der Waals surface area contributed by atoms with Gasteiger partial charge in [0.15, 0.2) is 12.4 Å².